The Morgan fingerprint density at radius 3 is 2.57 bits per heavy atom. The minimum Gasteiger partial charge on any atom is -0.494 e. The van der Waals surface area contributed by atoms with Crippen LogP contribution >= 0.6 is 11.8 Å². The molecule has 4 nitrogen and oxygen atoms in total. The highest BCUT2D eigenvalue weighted by Crippen LogP contribution is 2.42. The monoisotopic (exact) mass is 400 g/mol. The van der Waals surface area contributed by atoms with E-state index in [4.69, 9.17) is 4.74 Å². The van der Waals surface area contributed by atoms with Gasteiger partial charge in [0.2, 0.25) is 5.91 Å². The number of halogens is 1. The summed E-state index contributed by atoms with van der Waals surface area (Å²) in [6, 6.07) is 15.7. The molecule has 1 unspecified atom stereocenters. The van der Waals surface area contributed by atoms with Crippen molar-refractivity contribution in [3.05, 3.63) is 65.5 Å². The normalized spacial score (nSPS) is 21.3. The molecule has 6 heteroatoms. The molecule has 2 aromatic rings. The van der Waals surface area contributed by atoms with Crippen molar-refractivity contribution in [2.24, 2.45) is 0 Å². The number of ether oxygens (including phenoxy) is 1. The van der Waals surface area contributed by atoms with Crippen LogP contribution in [0.4, 0.5) is 4.39 Å². The second-order valence-electron chi connectivity index (χ2n) is 7.35. The summed E-state index contributed by atoms with van der Waals surface area (Å²) in [7, 11) is 1.46. The molecule has 2 aliphatic rings. The number of thioether (sulfide) groups is 1. The zero-order valence-corrected chi connectivity index (χ0v) is 16.8. The van der Waals surface area contributed by atoms with E-state index in [0.29, 0.717) is 5.75 Å². The van der Waals surface area contributed by atoms with Crippen LogP contribution in [0.15, 0.2) is 48.5 Å². The molecule has 148 valence electrons. The molecule has 2 aliphatic heterocycles. The van der Waals surface area contributed by atoms with Crippen LogP contribution in [0.1, 0.15) is 29.3 Å². The summed E-state index contributed by atoms with van der Waals surface area (Å²) >= 11 is 1.59. The maximum Gasteiger partial charge on any atom is 0.234 e. The highest BCUT2D eigenvalue weighted by molar-refractivity contribution is 8.00. The number of benzene rings is 2. The Kier molecular flexibility index (Phi) is 5.87. The van der Waals surface area contributed by atoms with Crippen LogP contribution in [0.2, 0.25) is 0 Å². The van der Waals surface area contributed by atoms with Crippen molar-refractivity contribution in [3.8, 4) is 5.75 Å². The third-order valence-corrected chi connectivity index (χ3v) is 6.79. The zero-order valence-electron chi connectivity index (χ0n) is 16.0. The van der Waals surface area contributed by atoms with Gasteiger partial charge in [-0.25, -0.2) is 4.39 Å². The van der Waals surface area contributed by atoms with Crippen LogP contribution in [-0.4, -0.2) is 47.7 Å². The highest BCUT2D eigenvalue weighted by atomic mass is 32.2. The highest BCUT2D eigenvalue weighted by Gasteiger charge is 2.39. The van der Waals surface area contributed by atoms with Gasteiger partial charge in [-0.2, -0.15) is 0 Å². The Morgan fingerprint density at radius 2 is 1.89 bits per heavy atom. The maximum atomic E-state index is 14.2. The summed E-state index contributed by atoms with van der Waals surface area (Å²) < 4.78 is 19.2. The summed E-state index contributed by atoms with van der Waals surface area (Å²) in [6.07, 6.45) is 1.91. The SMILES string of the molecule is COc1ccc(C2SCC(=O)N2C2CCN(Cc3ccccc3)CC2)cc1F. The first kappa shape index (κ1) is 19.3. The number of carbonyl (C=O) groups excluding carboxylic acids is 1. The van der Waals surface area contributed by atoms with E-state index in [-0.39, 0.29) is 28.9 Å². The van der Waals surface area contributed by atoms with Gasteiger partial charge in [-0.05, 0) is 36.1 Å². The van der Waals surface area contributed by atoms with Crippen molar-refractivity contribution < 1.29 is 13.9 Å². The molecule has 0 N–H and O–H groups in total. The second-order valence-corrected chi connectivity index (χ2v) is 8.42. The molecule has 2 fully saturated rings. The number of hydrogen-bond acceptors (Lipinski definition) is 4. The quantitative estimate of drug-likeness (QED) is 0.757. The molecule has 1 amide bonds. The average Bonchev–Trinajstić information content (AvgIpc) is 3.11. The van der Waals surface area contributed by atoms with Gasteiger partial charge in [0.15, 0.2) is 11.6 Å². The zero-order chi connectivity index (χ0) is 19.5. The maximum absolute atomic E-state index is 14.2. The molecule has 0 spiro atoms. The lowest BCUT2D eigenvalue weighted by Crippen LogP contribution is -2.46. The number of methoxy groups -OCH3 is 1. The van der Waals surface area contributed by atoms with Gasteiger partial charge in [0.25, 0.3) is 0 Å². The van der Waals surface area contributed by atoms with Crippen molar-refractivity contribution >= 4 is 17.7 Å². The second kappa shape index (κ2) is 8.53. The van der Waals surface area contributed by atoms with E-state index in [0.717, 1.165) is 38.0 Å². The van der Waals surface area contributed by atoms with Gasteiger partial charge in [0.05, 0.1) is 12.9 Å². The first-order chi connectivity index (χ1) is 13.7. The Hall–Kier alpha value is -2.05. The number of carbonyl (C=O) groups is 1. The Labute approximate surface area is 169 Å². The predicted octanol–water partition coefficient (Wildman–Crippen LogP) is 4.07. The molecule has 0 saturated carbocycles. The van der Waals surface area contributed by atoms with Crippen LogP contribution in [0.5, 0.6) is 5.75 Å². The van der Waals surface area contributed by atoms with E-state index >= 15 is 0 Å². The predicted molar refractivity (Wildman–Crippen MR) is 110 cm³/mol. The van der Waals surface area contributed by atoms with Gasteiger partial charge in [0.1, 0.15) is 5.37 Å². The minimum atomic E-state index is -0.377. The summed E-state index contributed by atoms with van der Waals surface area (Å²) in [5.74, 6) is 0.479. The van der Waals surface area contributed by atoms with Gasteiger partial charge in [-0.1, -0.05) is 36.4 Å². The molecule has 0 radical (unpaired) electrons. The lowest BCUT2D eigenvalue weighted by atomic mass is 10.0. The third-order valence-electron chi connectivity index (χ3n) is 5.57. The van der Waals surface area contributed by atoms with Crippen molar-refractivity contribution in [2.75, 3.05) is 26.0 Å². The van der Waals surface area contributed by atoms with Crippen LogP contribution in [0, 0.1) is 5.82 Å². The molecule has 2 heterocycles. The number of hydrogen-bond donors (Lipinski definition) is 0. The number of amides is 1. The number of rotatable bonds is 5. The molecule has 4 rings (SSSR count). The van der Waals surface area contributed by atoms with Crippen LogP contribution in [-0.2, 0) is 11.3 Å². The fourth-order valence-electron chi connectivity index (χ4n) is 4.12. The topological polar surface area (TPSA) is 32.8 Å². The first-order valence-corrected chi connectivity index (χ1v) is 10.7. The molecular formula is C22H25FN2O2S. The van der Waals surface area contributed by atoms with Gasteiger partial charge in [-0.15, -0.1) is 11.8 Å². The molecular weight excluding hydrogens is 375 g/mol. The Bertz CT molecular complexity index is 825. The standard InChI is InChI=1S/C22H25FN2O2S/c1-27-20-8-7-17(13-19(20)23)22-25(21(26)15-28-22)18-9-11-24(12-10-18)14-16-5-3-2-4-6-16/h2-8,13,18,22H,9-12,14-15H2,1H3. The molecule has 1 atom stereocenters. The van der Waals surface area contributed by atoms with Crippen LogP contribution < -0.4 is 4.74 Å². The Morgan fingerprint density at radius 1 is 1.14 bits per heavy atom. The molecule has 28 heavy (non-hydrogen) atoms. The fourth-order valence-corrected chi connectivity index (χ4v) is 5.36. The summed E-state index contributed by atoms with van der Waals surface area (Å²) in [5.41, 5.74) is 2.15. The van der Waals surface area contributed by atoms with Crippen molar-refractivity contribution in [1.82, 2.24) is 9.80 Å². The van der Waals surface area contributed by atoms with E-state index in [9.17, 15) is 9.18 Å². The lowest BCUT2D eigenvalue weighted by Gasteiger charge is -2.39. The van der Waals surface area contributed by atoms with Crippen LogP contribution in [0.3, 0.4) is 0 Å². The summed E-state index contributed by atoms with van der Waals surface area (Å²) in [6.45, 7) is 2.89. The summed E-state index contributed by atoms with van der Waals surface area (Å²) in [4.78, 5) is 17.0. The fraction of sp³-hybridized carbons (Fsp3) is 0.409. The van der Waals surface area contributed by atoms with Crippen molar-refractivity contribution in [3.63, 3.8) is 0 Å². The molecule has 0 aromatic heterocycles. The molecule has 2 aromatic carbocycles. The van der Waals surface area contributed by atoms with E-state index in [2.05, 4.69) is 29.2 Å². The van der Waals surface area contributed by atoms with Crippen LogP contribution in [0.25, 0.3) is 0 Å². The van der Waals surface area contributed by atoms with Gasteiger partial charge in [-0.3, -0.25) is 9.69 Å². The smallest absolute Gasteiger partial charge is 0.234 e. The van der Waals surface area contributed by atoms with Crippen molar-refractivity contribution in [2.45, 2.75) is 30.8 Å². The van der Waals surface area contributed by atoms with Gasteiger partial charge >= 0.3 is 0 Å². The first-order valence-electron chi connectivity index (χ1n) is 9.68. The summed E-state index contributed by atoms with van der Waals surface area (Å²) in [5, 5.41) is -0.112. The molecule has 2 saturated heterocycles. The van der Waals surface area contributed by atoms with E-state index < -0.39 is 0 Å². The third kappa shape index (κ3) is 4.03. The van der Waals surface area contributed by atoms with Gasteiger partial charge in [0, 0.05) is 25.7 Å². The number of piperidine rings is 1. The Balaban J connectivity index is 1.43. The van der Waals surface area contributed by atoms with Crippen molar-refractivity contribution in [1.29, 1.82) is 0 Å². The van der Waals surface area contributed by atoms with E-state index in [1.54, 1.807) is 17.8 Å². The van der Waals surface area contributed by atoms with E-state index in [1.807, 2.05) is 17.0 Å². The van der Waals surface area contributed by atoms with Gasteiger partial charge < -0.3 is 9.64 Å². The molecule has 0 aliphatic carbocycles. The van der Waals surface area contributed by atoms with E-state index in [1.165, 1.54) is 18.7 Å². The lowest BCUT2D eigenvalue weighted by molar-refractivity contribution is -0.131. The molecule has 0 bridgehead atoms. The average molecular weight is 401 g/mol. The number of likely N-dealkylation sites (tertiary alicyclic amines) is 1. The number of nitrogens with zero attached hydrogens (tertiary/aromatic N) is 2. The minimum absolute atomic E-state index is 0.112. The largest absolute Gasteiger partial charge is 0.494 e.